The van der Waals surface area contributed by atoms with Gasteiger partial charge in [0.15, 0.2) is 29.1 Å². The number of rotatable bonds is 7. The molecule has 4 heterocycles. The van der Waals surface area contributed by atoms with Gasteiger partial charge in [-0.1, -0.05) is 12.1 Å². The SMILES string of the molecule is O=P(O)(O)CP(=O)(O)OC[C@H]1O[C@@H](n2cnc3c(N4CC5(CCc6c(F)cccc65)C4)nc(Cl)nc32)[C@@H](O)C1O. The Morgan fingerprint density at radius 3 is 2.65 bits per heavy atom. The number of benzene rings is 1. The molecule has 2 unspecified atom stereocenters. The van der Waals surface area contributed by atoms with Gasteiger partial charge in [-0.05, 0) is 41.6 Å². The molecule has 0 bridgehead atoms. The fourth-order valence-corrected chi connectivity index (χ4v) is 8.54. The highest BCUT2D eigenvalue weighted by atomic mass is 35.5. The molecule has 0 saturated carbocycles. The number of ether oxygens (including phenoxy) is 1. The van der Waals surface area contributed by atoms with Crippen LogP contribution in [0.4, 0.5) is 10.2 Å². The highest BCUT2D eigenvalue weighted by Gasteiger charge is 2.50. The largest absolute Gasteiger partial charge is 0.387 e. The Bertz CT molecular complexity index is 1580. The predicted octanol–water partition coefficient (Wildman–Crippen LogP) is 1.28. The van der Waals surface area contributed by atoms with Crippen molar-refractivity contribution in [3.8, 4) is 0 Å². The van der Waals surface area contributed by atoms with E-state index in [1.165, 1.54) is 17.0 Å². The summed E-state index contributed by atoms with van der Waals surface area (Å²) in [5, 5.41) is 21.1. The van der Waals surface area contributed by atoms with E-state index >= 15 is 0 Å². The first-order valence-corrected chi connectivity index (χ1v) is 16.2. The van der Waals surface area contributed by atoms with Crippen LogP contribution in [-0.2, 0) is 30.2 Å². The van der Waals surface area contributed by atoms with Crippen molar-refractivity contribution in [2.24, 2.45) is 0 Å². The third-order valence-electron chi connectivity index (χ3n) is 7.62. The monoisotopic (exact) mass is 619 g/mol. The number of hydrogen-bond donors (Lipinski definition) is 5. The molecular formula is C22H25ClFN5O9P2. The van der Waals surface area contributed by atoms with Gasteiger partial charge in [0.1, 0.15) is 24.1 Å². The summed E-state index contributed by atoms with van der Waals surface area (Å²) in [5.41, 5.74) is 2.06. The number of aliphatic hydroxyl groups is 2. The molecule has 18 heteroatoms. The fourth-order valence-electron chi connectivity index (χ4n) is 5.81. The van der Waals surface area contributed by atoms with Gasteiger partial charge in [0, 0.05) is 18.5 Å². The van der Waals surface area contributed by atoms with E-state index in [0.29, 0.717) is 30.8 Å². The van der Waals surface area contributed by atoms with Crippen LogP contribution in [0.25, 0.3) is 11.2 Å². The molecule has 0 amide bonds. The molecule has 2 aliphatic heterocycles. The molecule has 5 atom stereocenters. The number of halogens is 2. The molecule has 14 nitrogen and oxygen atoms in total. The van der Waals surface area contributed by atoms with Gasteiger partial charge in [-0.25, -0.2) is 9.37 Å². The number of aliphatic hydroxyl groups excluding tert-OH is 2. The summed E-state index contributed by atoms with van der Waals surface area (Å²) in [6.07, 6.45) is -2.91. The maximum Gasteiger partial charge on any atom is 0.340 e. The Hall–Kier alpha value is -2.03. The molecule has 40 heavy (non-hydrogen) atoms. The second-order valence-corrected chi connectivity index (χ2v) is 14.7. The van der Waals surface area contributed by atoms with Crippen LogP contribution in [0.2, 0.25) is 5.28 Å². The topological polar surface area (TPSA) is 201 Å². The number of aromatic nitrogens is 4. The number of anilines is 1. The lowest BCUT2D eigenvalue weighted by molar-refractivity contribution is -0.0483. The van der Waals surface area contributed by atoms with Gasteiger partial charge in [-0.15, -0.1) is 0 Å². The lowest BCUT2D eigenvalue weighted by atomic mass is 9.75. The van der Waals surface area contributed by atoms with Crippen molar-refractivity contribution >= 4 is 43.8 Å². The van der Waals surface area contributed by atoms with Crippen LogP contribution in [-0.4, -0.2) is 88.3 Å². The van der Waals surface area contributed by atoms with Crippen molar-refractivity contribution in [3.05, 3.63) is 46.8 Å². The molecule has 216 valence electrons. The van der Waals surface area contributed by atoms with Crippen LogP contribution in [0.15, 0.2) is 24.5 Å². The van der Waals surface area contributed by atoms with Gasteiger partial charge in [0.25, 0.3) is 0 Å². The van der Waals surface area contributed by atoms with E-state index in [2.05, 4.69) is 15.0 Å². The summed E-state index contributed by atoms with van der Waals surface area (Å²) in [4.78, 5) is 42.6. The number of imidazole rings is 1. The zero-order chi connectivity index (χ0) is 28.6. The zero-order valence-corrected chi connectivity index (χ0v) is 23.2. The minimum absolute atomic E-state index is 0.102. The molecular weight excluding hydrogens is 595 g/mol. The van der Waals surface area contributed by atoms with Crippen LogP contribution in [0.5, 0.6) is 0 Å². The molecule has 1 aliphatic carbocycles. The number of hydrogen-bond acceptors (Lipinski definition) is 10. The average molecular weight is 620 g/mol. The molecule has 5 N–H and O–H groups in total. The third-order valence-corrected chi connectivity index (χ3v) is 11.2. The second-order valence-electron chi connectivity index (χ2n) is 10.3. The van der Waals surface area contributed by atoms with E-state index in [-0.39, 0.29) is 22.2 Å². The highest BCUT2D eigenvalue weighted by molar-refractivity contribution is 7.70. The Labute approximate surface area is 231 Å². The highest BCUT2D eigenvalue weighted by Crippen LogP contribution is 2.55. The summed E-state index contributed by atoms with van der Waals surface area (Å²) in [7, 11) is -9.56. The van der Waals surface area contributed by atoms with Gasteiger partial charge in [0.05, 0.1) is 12.9 Å². The Morgan fingerprint density at radius 2 is 1.93 bits per heavy atom. The molecule has 2 aromatic heterocycles. The Balaban J connectivity index is 1.22. The lowest BCUT2D eigenvalue weighted by Crippen LogP contribution is -2.58. The molecule has 3 aromatic rings. The van der Waals surface area contributed by atoms with Gasteiger partial charge >= 0.3 is 15.2 Å². The molecule has 1 spiro atoms. The normalized spacial score (nSPS) is 27.2. The fraction of sp³-hybridized carbons (Fsp3) is 0.500. The van der Waals surface area contributed by atoms with Crippen molar-refractivity contribution < 1.29 is 47.7 Å². The van der Waals surface area contributed by atoms with Gasteiger partial charge in [-0.3, -0.25) is 13.7 Å². The van der Waals surface area contributed by atoms with Crippen LogP contribution < -0.4 is 4.90 Å². The maximum absolute atomic E-state index is 14.3. The summed E-state index contributed by atoms with van der Waals surface area (Å²) in [6, 6.07) is 5.13. The molecule has 1 aromatic carbocycles. The van der Waals surface area contributed by atoms with Gasteiger partial charge < -0.3 is 39.1 Å². The van der Waals surface area contributed by atoms with Crippen LogP contribution >= 0.6 is 26.8 Å². The second kappa shape index (κ2) is 9.77. The minimum atomic E-state index is -4.85. The summed E-state index contributed by atoms with van der Waals surface area (Å²) in [6.45, 7) is 0.401. The number of nitrogens with zero attached hydrogens (tertiary/aromatic N) is 5. The van der Waals surface area contributed by atoms with E-state index in [1.807, 2.05) is 11.0 Å². The van der Waals surface area contributed by atoms with Crippen LogP contribution in [0.3, 0.4) is 0 Å². The Morgan fingerprint density at radius 1 is 1.18 bits per heavy atom. The quantitative estimate of drug-likeness (QED) is 0.187. The number of fused-ring (bicyclic) bond motifs is 3. The van der Waals surface area contributed by atoms with E-state index in [0.717, 1.165) is 17.5 Å². The van der Waals surface area contributed by atoms with Gasteiger partial charge in [0.2, 0.25) is 5.28 Å². The average Bonchev–Trinajstić information content (AvgIpc) is 3.50. The molecule has 3 aliphatic rings. The van der Waals surface area contributed by atoms with Crippen LogP contribution in [0, 0.1) is 5.82 Å². The van der Waals surface area contributed by atoms with Crippen LogP contribution in [0.1, 0.15) is 23.8 Å². The van der Waals surface area contributed by atoms with Crippen molar-refractivity contribution in [1.29, 1.82) is 0 Å². The Kier molecular flexibility index (Phi) is 6.87. The molecule has 6 rings (SSSR count). The molecule has 2 fully saturated rings. The van der Waals surface area contributed by atoms with E-state index in [1.54, 1.807) is 6.07 Å². The minimum Gasteiger partial charge on any atom is -0.387 e. The molecule has 2 saturated heterocycles. The van der Waals surface area contributed by atoms with Crippen molar-refractivity contribution in [1.82, 2.24) is 19.5 Å². The van der Waals surface area contributed by atoms with E-state index in [9.17, 15) is 28.6 Å². The standard InChI is InChI=1S/C22H25ClFN5O9P2/c23-21-26-18(28-7-22(8-28)5-4-11-12(22)2-1-3-13(11)24)15-19(27-21)29(9-25-15)20-17(31)16(30)14(38-20)6-37-40(35,36)10-39(32,33)34/h1-3,9,14,16-17,20,30-31H,4-8,10H2,(H,35,36)(H2,32,33,34)/t14-,16?,17+,20-/m1/s1. The summed E-state index contributed by atoms with van der Waals surface area (Å²) in [5.74, 6) is -1.17. The smallest absolute Gasteiger partial charge is 0.340 e. The first kappa shape index (κ1) is 28.1. The summed E-state index contributed by atoms with van der Waals surface area (Å²) >= 11 is 6.25. The zero-order valence-electron chi connectivity index (χ0n) is 20.6. The predicted molar refractivity (Wildman–Crippen MR) is 138 cm³/mol. The summed E-state index contributed by atoms with van der Waals surface area (Å²) < 4.78 is 49.1. The molecule has 0 radical (unpaired) electrons. The van der Waals surface area contributed by atoms with Crippen molar-refractivity contribution in [3.63, 3.8) is 0 Å². The lowest BCUT2D eigenvalue weighted by Gasteiger charge is -2.49. The first-order valence-electron chi connectivity index (χ1n) is 12.2. The van der Waals surface area contributed by atoms with E-state index in [4.69, 9.17) is 30.6 Å². The first-order chi connectivity index (χ1) is 18.8. The van der Waals surface area contributed by atoms with Crippen molar-refractivity contribution in [2.75, 3.05) is 30.5 Å². The van der Waals surface area contributed by atoms with Gasteiger partial charge in [-0.2, -0.15) is 9.97 Å². The maximum atomic E-state index is 14.3. The van der Waals surface area contributed by atoms with Crippen molar-refractivity contribution in [2.45, 2.75) is 42.8 Å². The third kappa shape index (κ3) is 4.88. The van der Waals surface area contributed by atoms with E-state index < -0.39 is 52.2 Å².